The van der Waals surface area contributed by atoms with Gasteiger partial charge in [0.05, 0.1) is 12.7 Å². The fourth-order valence-corrected chi connectivity index (χ4v) is 1.27. The Morgan fingerprint density at radius 1 is 1.46 bits per heavy atom. The van der Waals surface area contributed by atoms with E-state index in [1.165, 1.54) is 0 Å². The summed E-state index contributed by atoms with van der Waals surface area (Å²) in [6.07, 6.45) is 6.06. The third-order valence-corrected chi connectivity index (χ3v) is 2.01. The molecule has 2 nitrogen and oxygen atoms in total. The summed E-state index contributed by atoms with van der Waals surface area (Å²) in [5.74, 6) is 1.06. The number of ketones is 1. The van der Waals surface area contributed by atoms with E-state index in [1.807, 2.05) is 12.1 Å². The van der Waals surface area contributed by atoms with Crippen molar-refractivity contribution in [1.29, 1.82) is 0 Å². The lowest BCUT2D eigenvalue weighted by molar-refractivity contribution is -0.118. The summed E-state index contributed by atoms with van der Waals surface area (Å²) in [6, 6.07) is 3.66. The fraction of sp³-hybridized carbons (Fsp3) is 0.545. The predicted octanol–water partition coefficient (Wildman–Crippen LogP) is 2.97. The van der Waals surface area contributed by atoms with Gasteiger partial charge in [-0.25, -0.2) is 0 Å². The summed E-state index contributed by atoms with van der Waals surface area (Å²) in [7, 11) is 0. The molecule has 1 aromatic heterocycles. The highest BCUT2D eigenvalue weighted by molar-refractivity contribution is 5.80. The Balaban J connectivity index is 2.18. The summed E-state index contributed by atoms with van der Waals surface area (Å²) in [6.45, 7) is 2.14. The van der Waals surface area contributed by atoms with Gasteiger partial charge in [-0.15, -0.1) is 0 Å². The van der Waals surface area contributed by atoms with E-state index in [9.17, 15) is 4.79 Å². The first-order valence-electron chi connectivity index (χ1n) is 4.87. The van der Waals surface area contributed by atoms with Gasteiger partial charge in [0.1, 0.15) is 11.5 Å². The van der Waals surface area contributed by atoms with Crippen LogP contribution in [0.5, 0.6) is 0 Å². The molecule has 2 heteroatoms. The van der Waals surface area contributed by atoms with Crippen LogP contribution in [0, 0.1) is 0 Å². The third kappa shape index (κ3) is 3.92. The Kier molecular flexibility index (Phi) is 4.30. The van der Waals surface area contributed by atoms with Crippen molar-refractivity contribution in [3.63, 3.8) is 0 Å². The van der Waals surface area contributed by atoms with E-state index in [2.05, 4.69) is 6.92 Å². The number of carbonyl (C=O) groups excluding carboxylic acids is 1. The molecule has 0 saturated carbocycles. The molecule has 1 heterocycles. The van der Waals surface area contributed by atoms with Gasteiger partial charge in [-0.1, -0.05) is 19.8 Å². The van der Waals surface area contributed by atoms with E-state index in [0.717, 1.165) is 25.0 Å². The van der Waals surface area contributed by atoms with E-state index in [1.54, 1.807) is 6.26 Å². The molecule has 0 amide bonds. The molecule has 0 spiro atoms. The van der Waals surface area contributed by atoms with Crippen molar-refractivity contribution in [2.45, 2.75) is 39.0 Å². The molecule has 0 bridgehead atoms. The molecule has 1 aromatic rings. The van der Waals surface area contributed by atoms with Crippen molar-refractivity contribution in [2.24, 2.45) is 0 Å². The van der Waals surface area contributed by atoms with Crippen LogP contribution in [0.1, 0.15) is 38.4 Å². The maximum Gasteiger partial charge on any atom is 0.140 e. The SMILES string of the molecule is CCCCCC(=O)Cc1ccco1. The maximum absolute atomic E-state index is 11.3. The lowest BCUT2D eigenvalue weighted by atomic mass is 10.1. The van der Waals surface area contributed by atoms with Crippen LogP contribution in [0.3, 0.4) is 0 Å². The zero-order chi connectivity index (χ0) is 9.52. The molecule has 1 rings (SSSR count). The molecule has 0 saturated heterocycles. The highest BCUT2D eigenvalue weighted by Crippen LogP contribution is 2.06. The minimum absolute atomic E-state index is 0.281. The van der Waals surface area contributed by atoms with Gasteiger partial charge in [-0.2, -0.15) is 0 Å². The molecule has 0 N–H and O–H groups in total. The number of carbonyl (C=O) groups is 1. The predicted molar refractivity (Wildman–Crippen MR) is 51.6 cm³/mol. The first-order chi connectivity index (χ1) is 6.33. The Labute approximate surface area is 78.9 Å². The van der Waals surface area contributed by atoms with Gasteiger partial charge in [0, 0.05) is 6.42 Å². The van der Waals surface area contributed by atoms with Crippen LogP contribution in [0.15, 0.2) is 22.8 Å². The molecule has 0 aliphatic rings. The second-order valence-electron chi connectivity index (χ2n) is 3.25. The molecule has 0 unspecified atom stereocenters. The van der Waals surface area contributed by atoms with Crippen molar-refractivity contribution in [3.05, 3.63) is 24.2 Å². The van der Waals surface area contributed by atoms with Crippen LogP contribution in [-0.4, -0.2) is 5.78 Å². The Morgan fingerprint density at radius 2 is 2.31 bits per heavy atom. The van der Waals surface area contributed by atoms with Crippen LogP contribution >= 0.6 is 0 Å². The molecular weight excluding hydrogens is 164 g/mol. The van der Waals surface area contributed by atoms with Crippen LogP contribution in [0.4, 0.5) is 0 Å². The monoisotopic (exact) mass is 180 g/mol. The van der Waals surface area contributed by atoms with Crippen LogP contribution in [0.25, 0.3) is 0 Å². The smallest absolute Gasteiger partial charge is 0.140 e. The summed E-state index contributed by atoms with van der Waals surface area (Å²) >= 11 is 0. The first-order valence-corrected chi connectivity index (χ1v) is 4.87. The van der Waals surface area contributed by atoms with Gasteiger partial charge in [-0.05, 0) is 18.6 Å². The van der Waals surface area contributed by atoms with E-state index < -0.39 is 0 Å². The Bertz CT molecular complexity index is 237. The molecule has 0 aliphatic carbocycles. The second-order valence-corrected chi connectivity index (χ2v) is 3.25. The summed E-state index contributed by atoms with van der Waals surface area (Å²) in [4.78, 5) is 11.3. The lowest BCUT2D eigenvalue weighted by Gasteiger charge is -1.97. The average molecular weight is 180 g/mol. The minimum Gasteiger partial charge on any atom is -0.469 e. The zero-order valence-corrected chi connectivity index (χ0v) is 8.08. The summed E-state index contributed by atoms with van der Waals surface area (Å²) in [5, 5.41) is 0. The quantitative estimate of drug-likeness (QED) is 0.630. The molecule has 0 fully saturated rings. The average Bonchev–Trinajstić information content (AvgIpc) is 2.57. The molecule has 0 aliphatic heterocycles. The van der Waals surface area contributed by atoms with Gasteiger partial charge in [0.2, 0.25) is 0 Å². The van der Waals surface area contributed by atoms with E-state index in [0.29, 0.717) is 12.8 Å². The molecule has 0 aromatic carbocycles. The molecule has 72 valence electrons. The van der Waals surface area contributed by atoms with Crippen molar-refractivity contribution in [1.82, 2.24) is 0 Å². The maximum atomic E-state index is 11.3. The van der Waals surface area contributed by atoms with Gasteiger partial charge in [-0.3, -0.25) is 4.79 Å². The Morgan fingerprint density at radius 3 is 2.92 bits per heavy atom. The van der Waals surface area contributed by atoms with Crippen LogP contribution in [-0.2, 0) is 11.2 Å². The van der Waals surface area contributed by atoms with Crippen molar-refractivity contribution >= 4 is 5.78 Å². The molecule has 0 radical (unpaired) electrons. The van der Waals surface area contributed by atoms with E-state index in [4.69, 9.17) is 4.42 Å². The summed E-state index contributed by atoms with van der Waals surface area (Å²) < 4.78 is 5.09. The van der Waals surface area contributed by atoms with Crippen LogP contribution in [0.2, 0.25) is 0 Å². The number of hydrogen-bond acceptors (Lipinski definition) is 2. The number of furan rings is 1. The number of unbranched alkanes of at least 4 members (excludes halogenated alkanes) is 2. The molecule has 0 atom stereocenters. The normalized spacial score (nSPS) is 10.2. The van der Waals surface area contributed by atoms with Crippen molar-refractivity contribution in [2.75, 3.05) is 0 Å². The zero-order valence-electron chi connectivity index (χ0n) is 8.08. The van der Waals surface area contributed by atoms with E-state index in [-0.39, 0.29) is 5.78 Å². The highest BCUT2D eigenvalue weighted by atomic mass is 16.3. The number of Topliss-reactive ketones (excluding diaryl/α,β-unsaturated/α-hetero) is 1. The van der Waals surface area contributed by atoms with Crippen molar-refractivity contribution < 1.29 is 9.21 Å². The van der Waals surface area contributed by atoms with Gasteiger partial charge < -0.3 is 4.42 Å². The fourth-order valence-electron chi connectivity index (χ4n) is 1.27. The van der Waals surface area contributed by atoms with Gasteiger partial charge >= 0.3 is 0 Å². The first kappa shape index (κ1) is 10.0. The standard InChI is InChI=1S/C11H16O2/c1-2-3-4-6-10(12)9-11-7-5-8-13-11/h5,7-8H,2-4,6,9H2,1H3. The third-order valence-electron chi connectivity index (χ3n) is 2.01. The minimum atomic E-state index is 0.281. The Hall–Kier alpha value is -1.05. The topological polar surface area (TPSA) is 30.2 Å². The van der Waals surface area contributed by atoms with Gasteiger partial charge in [0.25, 0.3) is 0 Å². The highest BCUT2D eigenvalue weighted by Gasteiger charge is 2.04. The summed E-state index contributed by atoms with van der Waals surface area (Å²) in [5.41, 5.74) is 0. The largest absolute Gasteiger partial charge is 0.469 e. The second kappa shape index (κ2) is 5.57. The molecule has 13 heavy (non-hydrogen) atoms. The van der Waals surface area contributed by atoms with E-state index >= 15 is 0 Å². The van der Waals surface area contributed by atoms with Gasteiger partial charge in [0.15, 0.2) is 0 Å². The lowest BCUT2D eigenvalue weighted by Crippen LogP contribution is -2.01. The number of rotatable bonds is 6. The van der Waals surface area contributed by atoms with Crippen molar-refractivity contribution in [3.8, 4) is 0 Å². The molecular formula is C11H16O2. The number of hydrogen-bond donors (Lipinski definition) is 0. The van der Waals surface area contributed by atoms with Crippen LogP contribution < -0.4 is 0 Å².